The van der Waals surface area contributed by atoms with Gasteiger partial charge in [-0.25, -0.2) is 0 Å². The lowest BCUT2D eigenvalue weighted by Gasteiger charge is -2.39. The van der Waals surface area contributed by atoms with Crippen molar-refractivity contribution >= 4 is 13.7 Å². The highest BCUT2D eigenvalue weighted by atomic mass is 31.1. The highest BCUT2D eigenvalue weighted by Crippen LogP contribution is 2.61. The van der Waals surface area contributed by atoms with Crippen molar-refractivity contribution in [1.82, 2.24) is 0 Å². The van der Waals surface area contributed by atoms with Crippen LogP contribution in [0.1, 0.15) is 6.42 Å². The highest BCUT2D eigenvalue weighted by Gasteiger charge is 2.90. The molecule has 0 aromatic carbocycles. The number of rotatable bonds is 10. The fourth-order valence-corrected chi connectivity index (χ4v) is 3.15. The first-order valence-corrected chi connectivity index (χ1v) is 9.00. The van der Waals surface area contributed by atoms with Crippen LogP contribution in [0.3, 0.4) is 0 Å². The van der Waals surface area contributed by atoms with Crippen LogP contribution in [0.25, 0.3) is 0 Å². The molecule has 30 heavy (non-hydrogen) atoms. The highest BCUT2D eigenvalue weighted by molar-refractivity contribution is 7.69. The Labute approximate surface area is 162 Å². The third kappa shape index (κ3) is 5.29. The molecule has 0 saturated carbocycles. The molecule has 0 amide bonds. The molecular weight excluding hydrogens is 480 g/mol. The maximum atomic E-state index is 13.6. The van der Waals surface area contributed by atoms with Gasteiger partial charge < -0.3 is 9.38 Å². The lowest BCUT2D eigenvalue weighted by Crippen LogP contribution is -2.70. The minimum atomic E-state index is -7.96. The number of alkyl halides is 13. The Kier molecular flexibility index (Phi) is 7.98. The number of halogens is 13. The summed E-state index contributed by atoms with van der Waals surface area (Å²) >= 11 is 0. The molecular formula is C13H16F13NO2P+. The molecule has 0 rings (SSSR count). The van der Waals surface area contributed by atoms with E-state index in [1.807, 2.05) is 0 Å². The Hall–Kier alpha value is -0.890. The second kappa shape index (κ2) is 8.23. The van der Waals surface area contributed by atoms with Crippen LogP contribution >= 0.6 is 8.15 Å². The molecule has 0 aliphatic rings. The fourth-order valence-electron chi connectivity index (χ4n) is 1.82. The van der Waals surface area contributed by atoms with Crippen molar-refractivity contribution in [2.75, 3.05) is 33.8 Å². The van der Waals surface area contributed by atoms with Gasteiger partial charge in [-0.15, -0.1) is 0 Å². The van der Waals surface area contributed by atoms with Crippen molar-refractivity contribution in [3.05, 3.63) is 0 Å². The topological polar surface area (TPSA) is 37.3 Å². The van der Waals surface area contributed by atoms with Crippen LogP contribution in [0.5, 0.6) is 0 Å². The molecule has 0 aromatic rings. The quantitative estimate of drug-likeness (QED) is 0.270. The number of hydrogen-bond donors (Lipinski definition) is 1. The van der Waals surface area contributed by atoms with Gasteiger partial charge in [0.1, 0.15) is 14.7 Å². The monoisotopic (exact) mass is 496 g/mol. The molecule has 0 fully saturated rings. The normalized spacial score (nSPS) is 16.6. The van der Waals surface area contributed by atoms with Gasteiger partial charge in [-0.05, 0) is 0 Å². The van der Waals surface area contributed by atoms with Gasteiger partial charge in [-0.2, -0.15) is 57.1 Å². The Morgan fingerprint density at radius 1 is 0.733 bits per heavy atom. The molecule has 0 radical (unpaired) electrons. The first-order valence-electron chi connectivity index (χ1n) is 7.52. The molecule has 1 unspecified atom stereocenters. The van der Waals surface area contributed by atoms with Gasteiger partial charge in [0.2, 0.25) is 5.52 Å². The molecule has 3 nitrogen and oxygen atoms in total. The third-order valence-corrected chi connectivity index (χ3v) is 4.90. The number of carbonyl (C=O) groups excluding carboxylic acids is 1. The summed E-state index contributed by atoms with van der Waals surface area (Å²) in [5, 5.41) is 0. The summed E-state index contributed by atoms with van der Waals surface area (Å²) in [6, 6.07) is 0. The Morgan fingerprint density at radius 3 is 1.43 bits per heavy atom. The summed E-state index contributed by atoms with van der Waals surface area (Å²) in [7, 11) is 0.996. The second-order valence-electron chi connectivity index (χ2n) is 7.22. The largest absolute Gasteiger partial charge is 0.460 e. The van der Waals surface area contributed by atoms with E-state index in [0.717, 1.165) is 0 Å². The first-order chi connectivity index (χ1) is 12.8. The zero-order valence-corrected chi connectivity index (χ0v) is 16.2. The van der Waals surface area contributed by atoms with Crippen molar-refractivity contribution in [2.45, 2.75) is 42.2 Å². The first kappa shape index (κ1) is 29.1. The summed E-state index contributed by atoms with van der Waals surface area (Å²) < 4.78 is 168. The van der Waals surface area contributed by atoms with Crippen LogP contribution in [0.15, 0.2) is 0 Å². The predicted octanol–water partition coefficient (Wildman–Crippen LogP) is 4.74. The Bertz CT molecular complexity index is 628. The lowest BCUT2D eigenvalue weighted by molar-refractivity contribution is -0.861. The van der Waals surface area contributed by atoms with Crippen molar-refractivity contribution in [1.29, 1.82) is 0 Å². The second-order valence-corrected chi connectivity index (χ2v) is 8.96. The average Bonchev–Trinajstić information content (AvgIpc) is 2.48. The zero-order chi connectivity index (χ0) is 24.8. The standard InChI is InChI=1S/C13H16F13NO2P/c1-27(2,3)6-7(28)30(29)5-4-8(14,15)9(16,17)10(18,19)11(20,21)12(22,23)13(24,25)26/h29H,4-6H2,1-3H3/q+1. The van der Waals surface area contributed by atoms with Crippen molar-refractivity contribution in [2.24, 2.45) is 0 Å². The Balaban J connectivity index is 5.79. The number of likely N-dealkylation sites (N-methyl/N-ethyl adjacent to an activating group) is 1. The molecule has 17 heteroatoms. The van der Waals surface area contributed by atoms with Crippen LogP contribution in [0, 0.1) is 0 Å². The predicted molar refractivity (Wildman–Crippen MR) is 77.3 cm³/mol. The third-order valence-electron chi connectivity index (χ3n) is 3.53. The van der Waals surface area contributed by atoms with Crippen molar-refractivity contribution in [3.63, 3.8) is 0 Å². The molecule has 0 bridgehead atoms. The van der Waals surface area contributed by atoms with E-state index in [-0.39, 0.29) is 4.48 Å². The van der Waals surface area contributed by atoms with Crippen LogP contribution < -0.4 is 0 Å². The van der Waals surface area contributed by atoms with Gasteiger partial charge in [0.15, 0.2) is 0 Å². The van der Waals surface area contributed by atoms with E-state index in [1.165, 1.54) is 21.1 Å². The van der Waals surface area contributed by atoms with Gasteiger partial charge in [-0.1, -0.05) is 0 Å². The minimum Gasteiger partial charge on any atom is -0.366 e. The molecule has 0 aliphatic carbocycles. The molecule has 0 heterocycles. The van der Waals surface area contributed by atoms with E-state index in [9.17, 15) is 66.8 Å². The van der Waals surface area contributed by atoms with Crippen LogP contribution in [0.4, 0.5) is 57.1 Å². The molecule has 0 saturated heterocycles. The number of carbonyl (C=O) groups is 1. The van der Waals surface area contributed by atoms with E-state index >= 15 is 0 Å². The maximum absolute atomic E-state index is 13.6. The Morgan fingerprint density at radius 2 is 1.10 bits per heavy atom. The SMILES string of the molecule is C[N+](C)(C)CC(=O)P(O)CCC(F)(F)C(F)(F)C(F)(F)C(F)(F)C(F)(F)C(F)(F)F. The maximum Gasteiger partial charge on any atom is 0.460 e. The summed E-state index contributed by atoms with van der Waals surface area (Å²) in [5.41, 5.74) is -1.17. The summed E-state index contributed by atoms with van der Waals surface area (Å²) in [5.74, 6) is -37.3. The zero-order valence-electron chi connectivity index (χ0n) is 15.3. The van der Waals surface area contributed by atoms with E-state index in [1.54, 1.807) is 0 Å². The number of quaternary nitrogens is 1. The van der Waals surface area contributed by atoms with Crippen molar-refractivity contribution < 1.29 is 71.2 Å². The van der Waals surface area contributed by atoms with Gasteiger partial charge in [0, 0.05) is 12.6 Å². The molecule has 1 N–H and O–H groups in total. The van der Waals surface area contributed by atoms with E-state index in [2.05, 4.69) is 0 Å². The summed E-state index contributed by atoms with van der Waals surface area (Å²) in [6.07, 6.45) is -11.7. The number of hydrogen-bond acceptors (Lipinski definition) is 2. The molecule has 0 spiro atoms. The van der Waals surface area contributed by atoms with Gasteiger partial charge in [-0.3, -0.25) is 4.79 Å². The average molecular weight is 496 g/mol. The smallest absolute Gasteiger partial charge is 0.366 e. The number of nitrogens with zero attached hydrogens (tertiary/aromatic N) is 1. The van der Waals surface area contributed by atoms with Crippen LogP contribution in [0.2, 0.25) is 0 Å². The van der Waals surface area contributed by atoms with E-state index in [4.69, 9.17) is 0 Å². The fraction of sp³-hybridized carbons (Fsp3) is 0.923. The molecule has 1 atom stereocenters. The van der Waals surface area contributed by atoms with Crippen LogP contribution in [-0.4, -0.2) is 84.5 Å². The van der Waals surface area contributed by atoms with Gasteiger partial charge >= 0.3 is 35.8 Å². The van der Waals surface area contributed by atoms with E-state index in [0.29, 0.717) is 0 Å². The van der Waals surface area contributed by atoms with Crippen molar-refractivity contribution in [3.8, 4) is 0 Å². The lowest BCUT2D eigenvalue weighted by atomic mass is 9.93. The summed E-state index contributed by atoms with van der Waals surface area (Å²) in [4.78, 5) is 21.0. The molecule has 180 valence electrons. The summed E-state index contributed by atoms with van der Waals surface area (Å²) in [6.45, 7) is -0.532. The van der Waals surface area contributed by atoms with Gasteiger partial charge in [0.05, 0.1) is 21.1 Å². The van der Waals surface area contributed by atoms with E-state index < -0.39 is 68.6 Å². The van der Waals surface area contributed by atoms with Crippen LogP contribution in [-0.2, 0) is 4.79 Å². The minimum absolute atomic E-state index is 0.179. The molecule has 0 aromatic heterocycles. The molecule has 0 aliphatic heterocycles. The van der Waals surface area contributed by atoms with Gasteiger partial charge in [0.25, 0.3) is 0 Å².